The Balaban J connectivity index is 1.73. The maximum atomic E-state index is 12.8. The van der Waals surface area contributed by atoms with Crippen molar-refractivity contribution in [1.29, 1.82) is 0 Å². The summed E-state index contributed by atoms with van der Waals surface area (Å²) in [5.41, 5.74) is 0.0353. The van der Waals surface area contributed by atoms with Crippen molar-refractivity contribution < 1.29 is 26.3 Å². The monoisotopic (exact) mass is 424 g/mol. The van der Waals surface area contributed by atoms with Gasteiger partial charge in [-0.1, -0.05) is 23.5 Å². The van der Waals surface area contributed by atoms with Crippen LogP contribution < -0.4 is 5.32 Å². The second kappa shape index (κ2) is 7.86. The molecule has 1 fully saturated rings. The lowest BCUT2D eigenvalue weighted by molar-refractivity contribution is -0.138. The van der Waals surface area contributed by atoms with E-state index in [-0.39, 0.29) is 17.1 Å². The number of halogens is 6. The van der Waals surface area contributed by atoms with E-state index >= 15 is 0 Å². The highest BCUT2D eigenvalue weighted by atomic mass is 32.1. The Morgan fingerprint density at radius 2 is 1.75 bits per heavy atom. The number of aromatic nitrogens is 2. The number of hydrogen-bond acceptors (Lipinski definition) is 5. The van der Waals surface area contributed by atoms with Crippen LogP contribution in [0.1, 0.15) is 35.0 Å². The van der Waals surface area contributed by atoms with Gasteiger partial charge >= 0.3 is 12.4 Å². The fourth-order valence-electron chi connectivity index (χ4n) is 3.50. The van der Waals surface area contributed by atoms with Crippen LogP contribution in [0.2, 0.25) is 0 Å². The highest BCUT2D eigenvalue weighted by Crippen LogP contribution is 2.38. The lowest BCUT2D eigenvalue weighted by atomic mass is 9.84. The van der Waals surface area contributed by atoms with Gasteiger partial charge in [0.1, 0.15) is 0 Å². The summed E-state index contributed by atoms with van der Waals surface area (Å²) in [6.07, 6.45) is -7.24. The van der Waals surface area contributed by atoms with Crippen molar-refractivity contribution in [2.24, 2.45) is 5.92 Å². The first-order valence-electron chi connectivity index (χ1n) is 8.57. The van der Waals surface area contributed by atoms with Crippen molar-refractivity contribution in [1.82, 2.24) is 15.1 Å². The number of hydrogen-bond donors (Lipinski definition) is 1. The summed E-state index contributed by atoms with van der Waals surface area (Å²) in [4.78, 5) is 2.06. The molecular formula is C17H18F6N4S. The van der Waals surface area contributed by atoms with Gasteiger partial charge < -0.3 is 5.32 Å². The van der Waals surface area contributed by atoms with Gasteiger partial charge in [0.15, 0.2) is 0 Å². The standard InChI is InChI=1S/C17H18F6N4S/c1-27-8-2-3-11(9-24-15-26-25-14(28-15)17(21,22)23)13(27)10-4-6-12(7-5-10)16(18,19)20/h4-7,11,13H,2-3,8-9H2,1H3,(H,24,26). The topological polar surface area (TPSA) is 41.0 Å². The minimum Gasteiger partial charge on any atom is -0.360 e. The molecule has 0 aliphatic carbocycles. The molecule has 0 spiro atoms. The van der Waals surface area contributed by atoms with Gasteiger partial charge in [-0.2, -0.15) is 26.3 Å². The molecule has 1 aromatic carbocycles. The van der Waals surface area contributed by atoms with Crippen LogP contribution in [0.4, 0.5) is 31.5 Å². The molecule has 1 aliphatic heterocycles. The maximum Gasteiger partial charge on any atom is 0.445 e. The van der Waals surface area contributed by atoms with E-state index < -0.39 is 22.9 Å². The Morgan fingerprint density at radius 1 is 1.07 bits per heavy atom. The Kier molecular flexibility index (Phi) is 5.85. The highest BCUT2D eigenvalue weighted by molar-refractivity contribution is 7.15. The molecule has 0 amide bonds. The van der Waals surface area contributed by atoms with E-state index in [1.54, 1.807) is 0 Å². The minimum absolute atomic E-state index is 0.00808. The van der Waals surface area contributed by atoms with Crippen molar-refractivity contribution in [3.05, 3.63) is 40.4 Å². The van der Waals surface area contributed by atoms with Crippen molar-refractivity contribution in [2.75, 3.05) is 25.5 Å². The lowest BCUT2D eigenvalue weighted by Crippen LogP contribution is -2.39. The molecule has 2 heterocycles. The number of piperidine rings is 1. The average Bonchev–Trinajstić information content (AvgIpc) is 3.09. The van der Waals surface area contributed by atoms with Gasteiger partial charge in [-0.05, 0) is 50.0 Å². The third-order valence-corrected chi connectivity index (χ3v) is 5.70. The summed E-state index contributed by atoms with van der Waals surface area (Å²) < 4.78 is 76.3. The van der Waals surface area contributed by atoms with Crippen LogP contribution in [0.25, 0.3) is 0 Å². The zero-order chi connectivity index (χ0) is 20.5. The number of benzene rings is 1. The lowest BCUT2D eigenvalue weighted by Gasteiger charge is -2.39. The molecule has 1 aliphatic rings. The second-order valence-electron chi connectivity index (χ2n) is 6.74. The minimum atomic E-state index is -4.54. The van der Waals surface area contributed by atoms with E-state index in [0.29, 0.717) is 17.9 Å². The van der Waals surface area contributed by atoms with Crippen LogP contribution in [0.5, 0.6) is 0 Å². The smallest absolute Gasteiger partial charge is 0.360 e. The summed E-state index contributed by atoms with van der Waals surface area (Å²) in [5.74, 6) is 0.00808. The first-order chi connectivity index (χ1) is 13.1. The van der Waals surface area contributed by atoms with Crippen LogP contribution in [-0.2, 0) is 12.4 Å². The van der Waals surface area contributed by atoms with E-state index in [4.69, 9.17) is 0 Å². The van der Waals surface area contributed by atoms with Gasteiger partial charge in [0.05, 0.1) is 5.56 Å². The molecule has 2 aromatic rings. The van der Waals surface area contributed by atoms with Gasteiger partial charge in [0.25, 0.3) is 0 Å². The summed E-state index contributed by atoms with van der Waals surface area (Å²) in [5, 5.41) is 8.62. The van der Waals surface area contributed by atoms with Gasteiger partial charge in [-0.3, -0.25) is 4.90 Å². The number of alkyl halides is 6. The number of nitrogens with zero attached hydrogens (tertiary/aromatic N) is 3. The van der Waals surface area contributed by atoms with Gasteiger partial charge in [-0.25, -0.2) is 0 Å². The Labute approximate surface area is 161 Å². The quantitative estimate of drug-likeness (QED) is 0.696. The Morgan fingerprint density at radius 3 is 2.32 bits per heavy atom. The van der Waals surface area contributed by atoms with Crippen LogP contribution in [0, 0.1) is 5.92 Å². The highest BCUT2D eigenvalue weighted by Gasteiger charge is 2.36. The molecule has 28 heavy (non-hydrogen) atoms. The molecule has 0 saturated carbocycles. The van der Waals surface area contributed by atoms with Crippen LogP contribution >= 0.6 is 11.3 Å². The van der Waals surface area contributed by atoms with Gasteiger partial charge in [0, 0.05) is 12.6 Å². The summed E-state index contributed by atoms with van der Waals surface area (Å²) in [6, 6.07) is 4.91. The first kappa shape index (κ1) is 20.8. The van der Waals surface area contributed by atoms with Crippen molar-refractivity contribution in [2.45, 2.75) is 31.2 Å². The molecule has 11 heteroatoms. The normalized spacial score (nSPS) is 21.7. The van der Waals surface area contributed by atoms with Crippen molar-refractivity contribution in [3.8, 4) is 0 Å². The third kappa shape index (κ3) is 4.75. The van der Waals surface area contributed by atoms with Gasteiger partial charge in [0.2, 0.25) is 10.1 Å². The van der Waals surface area contributed by atoms with Gasteiger partial charge in [-0.15, -0.1) is 10.2 Å². The fourth-order valence-corrected chi connectivity index (χ4v) is 4.11. The number of nitrogens with one attached hydrogen (secondary N) is 1. The Bertz CT molecular complexity index is 786. The molecule has 2 unspecified atom stereocenters. The average molecular weight is 424 g/mol. The van der Waals surface area contributed by atoms with Crippen LogP contribution in [-0.4, -0.2) is 35.2 Å². The number of rotatable bonds is 4. The molecule has 4 nitrogen and oxygen atoms in total. The molecule has 1 saturated heterocycles. The largest absolute Gasteiger partial charge is 0.445 e. The van der Waals surface area contributed by atoms with Crippen LogP contribution in [0.15, 0.2) is 24.3 Å². The summed E-state index contributed by atoms with van der Waals surface area (Å²) >= 11 is 0.434. The molecule has 1 aromatic heterocycles. The molecule has 3 rings (SSSR count). The van der Waals surface area contributed by atoms with E-state index in [2.05, 4.69) is 20.4 Å². The SMILES string of the molecule is CN1CCCC(CNc2nnc(C(F)(F)F)s2)C1c1ccc(C(F)(F)F)cc1. The Hall–Kier alpha value is -1.88. The third-order valence-electron chi connectivity index (χ3n) is 4.77. The van der Waals surface area contributed by atoms with E-state index in [1.165, 1.54) is 12.1 Å². The second-order valence-corrected chi connectivity index (χ2v) is 7.72. The van der Waals surface area contributed by atoms with Crippen molar-refractivity contribution in [3.63, 3.8) is 0 Å². The van der Waals surface area contributed by atoms with Crippen molar-refractivity contribution >= 4 is 16.5 Å². The molecular weight excluding hydrogens is 406 g/mol. The predicted molar refractivity (Wildman–Crippen MR) is 92.9 cm³/mol. The number of likely N-dealkylation sites (tertiary alicyclic amines) is 1. The molecule has 154 valence electrons. The molecule has 0 bridgehead atoms. The van der Waals surface area contributed by atoms with E-state index in [1.807, 2.05) is 7.05 Å². The van der Waals surface area contributed by atoms with Crippen LogP contribution in [0.3, 0.4) is 0 Å². The molecule has 1 N–H and O–H groups in total. The fraction of sp³-hybridized carbons (Fsp3) is 0.529. The maximum absolute atomic E-state index is 12.8. The van der Waals surface area contributed by atoms with E-state index in [9.17, 15) is 26.3 Å². The molecule has 0 radical (unpaired) electrons. The summed E-state index contributed by atoms with van der Waals surface area (Å²) in [7, 11) is 1.89. The van der Waals surface area contributed by atoms with E-state index in [0.717, 1.165) is 37.1 Å². The summed E-state index contributed by atoms with van der Waals surface area (Å²) in [6.45, 7) is 1.14. The first-order valence-corrected chi connectivity index (χ1v) is 9.39. The number of anilines is 1. The zero-order valence-corrected chi connectivity index (χ0v) is 15.6. The zero-order valence-electron chi connectivity index (χ0n) is 14.8. The predicted octanol–water partition coefficient (Wildman–Crippen LogP) is 5.07. The molecule has 2 atom stereocenters.